The zero-order valence-corrected chi connectivity index (χ0v) is 16.5. The number of carbonyl (C=O) groups excluding carboxylic acids is 4. The molecule has 3 rings (SSSR count). The summed E-state index contributed by atoms with van der Waals surface area (Å²) >= 11 is 0. The first-order chi connectivity index (χ1) is 14.4. The third-order valence-electron chi connectivity index (χ3n) is 4.24. The quantitative estimate of drug-likeness (QED) is 0.448. The number of imide groups is 2. The lowest BCUT2D eigenvalue weighted by molar-refractivity contribution is -0.122. The summed E-state index contributed by atoms with van der Waals surface area (Å²) in [5.41, 5.74) is 0.916. The molecule has 1 N–H and O–H groups in total. The summed E-state index contributed by atoms with van der Waals surface area (Å²) in [6, 6.07) is 11.7. The largest absolute Gasteiger partial charge is 0.494 e. The Balaban J connectivity index is 1.87. The van der Waals surface area contributed by atoms with E-state index in [1.807, 2.05) is 6.92 Å². The molecule has 0 saturated carbocycles. The van der Waals surface area contributed by atoms with Crippen molar-refractivity contribution < 1.29 is 28.7 Å². The van der Waals surface area contributed by atoms with Gasteiger partial charge in [0, 0.05) is 0 Å². The van der Waals surface area contributed by atoms with E-state index in [1.165, 1.54) is 30.3 Å². The predicted molar refractivity (Wildman–Crippen MR) is 109 cm³/mol. The standard InChI is InChI=1S/C22H20N2O6/c1-3-29-17-11-5-14(6-12-17)13-18-19(25)23-22(28)24(20(18)26)16-9-7-15(8-10-16)21(27)30-4-2/h5-13H,3-4H2,1-2H3,(H,23,25,28)/b18-13+. The highest BCUT2D eigenvalue weighted by Gasteiger charge is 2.36. The van der Waals surface area contributed by atoms with Crippen molar-refractivity contribution >= 4 is 35.6 Å². The summed E-state index contributed by atoms with van der Waals surface area (Å²) in [5.74, 6) is -1.39. The number of urea groups is 1. The topological polar surface area (TPSA) is 102 Å². The smallest absolute Gasteiger partial charge is 0.338 e. The van der Waals surface area contributed by atoms with Crippen molar-refractivity contribution in [2.75, 3.05) is 18.1 Å². The van der Waals surface area contributed by atoms with Crippen LogP contribution in [0.4, 0.5) is 10.5 Å². The summed E-state index contributed by atoms with van der Waals surface area (Å²) < 4.78 is 10.3. The fourth-order valence-corrected chi connectivity index (χ4v) is 2.85. The zero-order chi connectivity index (χ0) is 21.7. The SMILES string of the molecule is CCOC(=O)c1ccc(N2C(=O)NC(=O)/C(=C\c3ccc(OCC)cc3)C2=O)cc1. The molecule has 1 aliphatic heterocycles. The van der Waals surface area contributed by atoms with Crippen molar-refractivity contribution in [2.45, 2.75) is 13.8 Å². The maximum atomic E-state index is 12.9. The monoisotopic (exact) mass is 408 g/mol. The molecule has 1 saturated heterocycles. The number of carbonyl (C=O) groups is 4. The Labute approximate surface area is 173 Å². The molecule has 0 unspecified atom stereocenters. The molecular formula is C22H20N2O6. The van der Waals surface area contributed by atoms with E-state index < -0.39 is 23.8 Å². The average molecular weight is 408 g/mol. The van der Waals surface area contributed by atoms with Gasteiger partial charge in [-0.25, -0.2) is 14.5 Å². The van der Waals surface area contributed by atoms with Crippen molar-refractivity contribution in [1.82, 2.24) is 5.32 Å². The lowest BCUT2D eigenvalue weighted by atomic mass is 10.1. The van der Waals surface area contributed by atoms with Crippen LogP contribution in [0.2, 0.25) is 0 Å². The van der Waals surface area contributed by atoms with Crippen LogP contribution < -0.4 is 15.0 Å². The van der Waals surface area contributed by atoms with Gasteiger partial charge in [0.1, 0.15) is 11.3 Å². The number of hydrogen-bond acceptors (Lipinski definition) is 6. The Kier molecular flexibility index (Phi) is 6.26. The Hall–Kier alpha value is -3.94. The van der Waals surface area contributed by atoms with Gasteiger partial charge in [-0.1, -0.05) is 12.1 Å². The van der Waals surface area contributed by atoms with Crippen molar-refractivity contribution in [3.05, 3.63) is 65.2 Å². The van der Waals surface area contributed by atoms with Crippen molar-refractivity contribution in [3.63, 3.8) is 0 Å². The molecule has 4 amide bonds. The molecular weight excluding hydrogens is 388 g/mol. The molecule has 0 spiro atoms. The van der Waals surface area contributed by atoms with E-state index in [0.29, 0.717) is 17.9 Å². The van der Waals surface area contributed by atoms with Crippen LogP contribution in [0.5, 0.6) is 5.75 Å². The van der Waals surface area contributed by atoms with Gasteiger partial charge >= 0.3 is 12.0 Å². The number of esters is 1. The van der Waals surface area contributed by atoms with Gasteiger partial charge in [0.15, 0.2) is 0 Å². The molecule has 8 heteroatoms. The van der Waals surface area contributed by atoms with Crippen molar-refractivity contribution in [2.24, 2.45) is 0 Å². The van der Waals surface area contributed by atoms with Crippen LogP contribution in [0.25, 0.3) is 6.08 Å². The molecule has 1 aliphatic rings. The molecule has 0 aromatic heterocycles. The minimum atomic E-state index is -0.863. The number of hydrogen-bond donors (Lipinski definition) is 1. The number of nitrogens with zero attached hydrogens (tertiary/aromatic N) is 1. The second-order valence-electron chi connectivity index (χ2n) is 6.23. The second kappa shape index (κ2) is 9.04. The Morgan fingerprint density at radius 3 is 2.23 bits per heavy atom. The Morgan fingerprint density at radius 2 is 1.63 bits per heavy atom. The van der Waals surface area contributed by atoms with Crippen LogP contribution in [0.15, 0.2) is 54.1 Å². The van der Waals surface area contributed by atoms with E-state index >= 15 is 0 Å². The van der Waals surface area contributed by atoms with Crippen molar-refractivity contribution in [3.8, 4) is 5.75 Å². The third kappa shape index (κ3) is 4.38. The Bertz CT molecular complexity index is 1010. The maximum absolute atomic E-state index is 12.9. The molecule has 1 fully saturated rings. The number of benzene rings is 2. The van der Waals surface area contributed by atoms with Gasteiger partial charge in [0.25, 0.3) is 11.8 Å². The van der Waals surface area contributed by atoms with E-state index in [0.717, 1.165) is 4.90 Å². The van der Waals surface area contributed by atoms with Crippen molar-refractivity contribution in [1.29, 1.82) is 0 Å². The summed E-state index contributed by atoms with van der Waals surface area (Å²) in [4.78, 5) is 50.1. The number of amides is 4. The molecule has 0 aliphatic carbocycles. The van der Waals surface area contributed by atoms with Crippen LogP contribution in [0.3, 0.4) is 0 Å². The molecule has 2 aromatic carbocycles. The third-order valence-corrected chi connectivity index (χ3v) is 4.24. The van der Waals surface area contributed by atoms with Crippen LogP contribution >= 0.6 is 0 Å². The lowest BCUT2D eigenvalue weighted by Crippen LogP contribution is -2.54. The van der Waals surface area contributed by atoms with Gasteiger partial charge in [-0.3, -0.25) is 14.9 Å². The Morgan fingerprint density at radius 1 is 0.967 bits per heavy atom. The lowest BCUT2D eigenvalue weighted by Gasteiger charge is -2.26. The van der Waals surface area contributed by atoms with E-state index in [-0.39, 0.29) is 23.4 Å². The van der Waals surface area contributed by atoms with Gasteiger partial charge in [0.05, 0.1) is 24.5 Å². The highest BCUT2D eigenvalue weighted by molar-refractivity contribution is 6.39. The molecule has 1 heterocycles. The van der Waals surface area contributed by atoms with Crippen LogP contribution in [-0.2, 0) is 14.3 Å². The van der Waals surface area contributed by atoms with Gasteiger partial charge < -0.3 is 9.47 Å². The summed E-state index contributed by atoms with van der Waals surface area (Å²) in [5, 5.41) is 2.16. The number of nitrogens with one attached hydrogen (secondary N) is 1. The van der Waals surface area contributed by atoms with E-state index in [2.05, 4.69) is 5.32 Å². The average Bonchev–Trinajstić information content (AvgIpc) is 2.73. The van der Waals surface area contributed by atoms with E-state index in [1.54, 1.807) is 31.2 Å². The molecule has 0 atom stereocenters. The van der Waals surface area contributed by atoms with Gasteiger partial charge in [0.2, 0.25) is 0 Å². The molecule has 2 aromatic rings. The number of ether oxygens (including phenoxy) is 2. The zero-order valence-electron chi connectivity index (χ0n) is 16.5. The van der Waals surface area contributed by atoms with Crippen LogP contribution in [0.1, 0.15) is 29.8 Å². The van der Waals surface area contributed by atoms with Gasteiger partial charge in [-0.2, -0.15) is 0 Å². The summed E-state index contributed by atoms with van der Waals surface area (Å²) in [6.45, 7) is 4.31. The number of barbiturate groups is 1. The van der Waals surface area contributed by atoms with Gasteiger partial charge in [-0.05, 0) is 61.9 Å². The summed E-state index contributed by atoms with van der Waals surface area (Å²) in [6.07, 6.45) is 1.40. The van der Waals surface area contributed by atoms with Crippen LogP contribution in [0, 0.1) is 0 Å². The first kappa shape index (κ1) is 20.8. The van der Waals surface area contributed by atoms with E-state index in [4.69, 9.17) is 9.47 Å². The molecule has 0 bridgehead atoms. The number of rotatable bonds is 6. The molecule has 8 nitrogen and oxygen atoms in total. The highest BCUT2D eigenvalue weighted by atomic mass is 16.5. The number of anilines is 1. The molecule has 154 valence electrons. The fourth-order valence-electron chi connectivity index (χ4n) is 2.85. The van der Waals surface area contributed by atoms with Crippen LogP contribution in [-0.4, -0.2) is 37.0 Å². The van der Waals surface area contributed by atoms with Gasteiger partial charge in [-0.15, -0.1) is 0 Å². The summed E-state index contributed by atoms with van der Waals surface area (Å²) in [7, 11) is 0. The molecule has 30 heavy (non-hydrogen) atoms. The van der Waals surface area contributed by atoms with E-state index in [9.17, 15) is 19.2 Å². The minimum absolute atomic E-state index is 0.187. The first-order valence-corrected chi connectivity index (χ1v) is 9.36. The normalized spacial score (nSPS) is 15.2. The second-order valence-corrected chi connectivity index (χ2v) is 6.23. The minimum Gasteiger partial charge on any atom is -0.494 e. The molecule has 0 radical (unpaired) electrons. The fraction of sp³-hybridized carbons (Fsp3) is 0.182. The highest BCUT2D eigenvalue weighted by Crippen LogP contribution is 2.23. The maximum Gasteiger partial charge on any atom is 0.338 e. The first-order valence-electron chi connectivity index (χ1n) is 9.36. The predicted octanol–water partition coefficient (Wildman–Crippen LogP) is 2.93.